The Kier molecular flexibility index (Phi) is 8.51. The highest BCUT2D eigenvalue weighted by atomic mass is 16.5. The molecule has 0 fully saturated rings. The molecule has 0 radical (unpaired) electrons. The van der Waals surface area contributed by atoms with Crippen molar-refractivity contribution in [1.29, 1.82) is 0 Å². The lowest BCUT2D eigenvalue weighted by atomic mass is 10.2. The highest BCUT2D eigenvalue weighted by Gasteiger charge is 2.00. The van der Waals surface area contributed by atoms with Crippen molar-refractivity contribution in [3.05, 3.63) is 60.1 Å². The van der Waals surface area contributed by atoms with Gasteiger partial charge in [-0.2, -0.15) is 0 Å². The van der Waals surface area contributed by atoms with Gasteiger partial charge in [-0.05, 0) is 30.5 Å². The lowest BCUT2D eigenvalue weighted by molar-refractivity contribution is 0.193. The molecule has 1 aromatic heterocycles. The Morgan fingerprint density at radius 2 is 1.88 bits per heavy atom. The summed E-state index contributed by atoms with van der Waals surface area (Å²) >= 11 is 0. The van der Waals surface area contributed by atoms with Gasteiger partial charge in [-0.3, -0.25) is 0 Å². The van der Waals surface area contributed by atoms with E-state index in [9.17, 15) is 0 Å². The first kappa shape index (κ1) is 18.1. The van der Waals surface area contributed by atoms with Crippen LogP contribution in [0.3, 0.4) is 0 Å². The van der Waals surface area contributed by atoms with Crippen LogP contribution in [0.25, 0.3) is 0 Å². The Labute approximate surface area is 144 Å². The number of unbranched alkanes of at least 4 members (excludes halogenated alkanes) is 1. The van der Waals surface area contributed by atoms with Crippen molar-refractivity contribution in [3.8, 4) is 0 Å². The fourth-order valence-corrected chi connectivity index (χ4v) is 2.27. The maximum Gasteiger partial charge on any atom is 0.191 e. The van der Waals surface area contributed by atoms with Crippen LogP contribution in [-0.4, -0.2) is 32.8 Å². The van der Waals surface area contributed by atoms with Crippen molar-refractivity contribution >= 4 is 5.96 Å². The Bertz CT molecular complexity index is 568. The zero-order chi connectivity index (χ0) is 16.9. The standard InChI is InChI=1S/C19H27N3O2/c1-23-14-6-5-12-20-19(21-13-11-18-10-7-15-24-18)22-16-17-8-3-2-4-9-17/h2-4,7-10,15H,5-6,11-14,16H2,1H3,(H2,20,21,22). The molecule has 0 amide bonds. The van der Waals surface area contributed by atoms with E-state index < -0.39 is 0 Å². The number of methoxy groups -OCH3 is 1. The van der Waals surface area contributed by atoms with E-state index >= 15 is 0 Å². The van der Waals surface area contributed by atoms with Crippen LogP contribution < -0.4 is 10.6 Å². The summed E-state index contributed by atoms with van der Waals surface area (Å²) in [5, 5.41) is 6.75. The minimum atomic E-state index is 0.662. The van der Waals surface area contributed by atoms with E-state index in [1.54, 1.807) is 13.4 Å². The van der Waals surface area contributed by atoms with Gasteiger partial charge in [0.05, 0.1) is 12.8 Å². The van der Waals surface area contributed by atoms with Crippen molar-refractivity contribution in [2.24, 2.45) is 4.99 Å². The molecule has 0 aliphatic heterocycles. The van der Waals surface area contributed by atoms with Gasteiger partial charge in [0, 0.05) is 33.2 Å². The van der Waals surface area contributed by atoms with Crippen LogP contribution in [-0.2, 0) is 17.7 Å². The van der Waals surface area contributed by atoms with Crippen LogP contribution in [0.4, 0.5) is 0 Å². The van der Waals surface area contributed by atoms with E-state index in [1.807, 2.05) is 30.3 Å². The fourth-order valence-electron chi connectivity index (χ4n) is 2.27. The van der Waals surface area contributed by atoms with Gasteiger partial charge in [0.15, 0.2) is 5.96 Å². The molecule has 0 atom stereocenters. The van der Waals surface area contributed by atoms with E-state index in [1.165, 1.54) is 5.56 Å². The first-order valence-electron chi connectivity index (χ1n) is 8.46. The van der Waals surface area contributed by atoms with E-state index in [0.29, 0.717) is 6.54 Å². The van der Waals surface area contributed by atoms with E-state index in [0.717, 1.165) is 50.7 Å². The van der Waals surface area contributed by atoms with Crippen molar-refractivity contribution in [1.82, 2.24) is 10.6 Å². The number of benzene rings is 1. The van der Waals surface area contributed by atoms with Gasteiger partial charge < -0.3 is 19.8 Å². The number of aliphatic imine (C=N–C) groups is 1. The van der Waals surface area contributed by atoms with Crippen molar-refractivity contribution in [2.45, 2.75) is 25.8 Å². The van der Waals surface area contributed by atoms with Crippen molar-refractivity contribution in [2.75, 3.05) is 26.8 Å². The second-order valence-electron chi connectivity index (χ2n) is 5.53. The molecule has 0 saturated heterocycles. The Hall–Kier alpha value is -2.27. The summed E-state index contributed by atoms with van der Waals surface area (Å²) in [7, 11) is 1.73. The topological polar surface area (TPSA) is 58.8 Å². The minimum Gasteiger partial charge on any atom is -0.469 e. The summed E-state index contributed by atoms with van der Waals surface area (Å²) in [4.78, 5) is 4.66. The van der Waals surface area contributed by atoms with Crippen molar-refractivity contribution < 1.29 is 9.15 Å². The van der Waals surface area contributed by atoms with Gasteiger partial charge in [0.25, 0.3) is 0 Å². The first-order chi connectivity index (χ1) is 11.9. The number of furan rings is 1. The number of ether oxygens (including phenoxy) is 1. The Morgan fingerprint density at radius 1 is 1.04 bits per heavy atom. The van der Waals surface area contributed by atoms with Crippen LogP contribution in [0.15, 0.2) is 58.1 Å². The fraction of sp³-hybridized carbons (Fsp3) is 0.421. The summed E-state index contributed by atoms with van der Waals surface area (Å²) in [6, 6.07) is 14.2. The number of guanidine groups is 1. The summed E-state index contributed by atoms with van der Waals surface area (Å²) in [5.74, 6) is 1.81. The molecule has 1 heterocycles. The van der Waals surface area contributed by atoms with E-state index in [2.05, 4.69) is 27.8 Å². The van der Waals surface area contributed by atoms with Crippen molar-refractivity contribution in [3.63, 3.8) is 0 Å². The molecule has 0 spiro atoms. The Balaban J connectivity index is 1.80. The third-order valence-corrected chi connectivity index (χ3v) is 3.57. The molecule has 0 aliphatic carbocycles. The average molecular weight is 329 g/mol. The van der Waals surface area contributed by atoms with Crippen LogP contribution in [0.2, 0.25) is 0 Å². The molecule has 5 heteroatoms. The summed E-state index contributed by atoms with van der Waals surface area (Å²) < 4.78 is 10.4. The highest BCUT2D eigenvalue weighted by Crippen LogP contribution is 2.01. The lowest BCUT2D eigenvalue weighted by Crippen LogP contribution is -2.39. The van der Waals surface area contributed by atoms with E-state index in [4.69, 9.17) is 9.15 Å². The molecule has 0 unspecified atom stereocenters. The average Bonchev–Trinajstić information content (AvgIpc) is 3.13. The smallest absolute Gasteiger partial charge is 0.191 e. The largest absolute Gasteiger partial charge is 0.469 e. The maximum atomic E-state index is 5.36. The third kappa shape index (κ3) is 7.33. The number of nitrogens with zero attached hydrogens (tertiary/aromatic N) is 1. The molecular formula is C19H27N3O2. The molecule has 24 heavy (non-hydrogen) atoms. The number of rotatable bonds is 10. The van der Waals surface area contributed by atoms with Gasteiger partial charge in [-0.15, -0.1) is 0 Å². The van der Waals surface area contributed by atoms with Gasteiger partial charge >= 0.3 is 0 Å². The molecule has 2 N–H and O–H groups in total. The molecule has 2 rings (SSSR count). The molecule has 2 aromatic rings. The van der Waals surface area contributed by atoms with E-state index in [-0.39, 0.29) is 0 Å². The number of hydrogen-bond donors (Lipinski definition) is 2. The number of nitrogens with one attached hydrogen (secondary N) is 2. The summed E-state index contributed by atoms with van der Waals surface area (Å²) in [6.45, 7) is 3.12. The van der Waals surface area contributed by atoms with Gasteiger partial charge in [0.1, 0.15) is 5.76 Å². The second kappa shape index (κ2) is 11.3. The second-order valence-corrected chi connectivity index (χ2v) is 5.53. The third-order valence-electron chi connectivity index (χ3n) is 3.57. The monoisotopic (exact) mass is 329 g/mol. The van der Waals surface area contributed by atoms with Gasteiger partial charge in [-0.1, -0.05) is 30.3 Å². The minimum absolute atomic E-state index is 0.662. The van der Waals surface area contributed by atoms with Crippen LogP contribution in [0, 0.1) is 0 Å². The number of hydrogen-bond acceptors (Lipinski definition) is 3. The Morgan fingerprint density at radius 3 is 2.62 bits per heavy atom. The highest BCUT2D eigenvalue weighted by molar-refractivity contribution is 5.79. The summed E-state index contributed by atoms with van der Waals surface area (Å²) in [5.41, 5.74) is 1.20. The lowest BCUT2D eigenvalue weighted by Gasteiger charge is -2.12. The van der Waals surface area contributed by atoms with Crippen LogP contribution >= 0.6 is 0 Å². The quantitative estimate of drug-likeness (QED) is 0.400. The predicted molar refractivity (Wildman–Crippen MR) is 97.1 cm³/mol. The molecule has 0 aliphatic rings. The van der Waals surface area contributed by atoms with Crippen LogP contribution in [0.5, 0.6) is 0 Å². The van der Waals surface area contributed by atoms with Crippen LogP contribution in [0.1, 0.15) is 24.2 Å². The molecule has 1 aromatic carbocycles. The first-order valence-corrected chi connectivity index (χ1v) is 8.46. The predicted octanol–water partition coefficient (Wildman–Crippen LogP) is 2.98. The molecule has 0 saturated carbocycles. The molecule has 0 bridgehead atoms. The zero-order valence-corrected chi connectivity index (χ0v) is 14.3. The summed E-state index contributed by atoms with van der Waals surface area (Å²) in [6.07, 6.45) is 4.64. The normalized spacial score (nSPS) is 11.5. The zero-order valence-electron chi connectivity index (χ0n) is 14.3. The van der Waals surface area contributed by atoms with Gasteiger partial charge in [0.2, 0.25) is 0 Å². The maximum absolute atomic E-state index is 5.36. The molecular weight excluding hydrogens is 302 g/mol. The molecule has 5 nitrogen and oxygen atoms in total. The molecule has 130 valence electrons. The SMILES string of the molecule is COCCCCNC(=NCc1ccccc1)NCCc1ccco1. The van der Waals surface area contributed by atoms with Gasteiger partial charge in [-0.25, -0.2) is 4.99 Å².